The van der Waals surface area contributed by atoms with Gasteiger partial charge in [-0.05, 0) is 30.7 Å². The van der Waals surface area contributed by atoms with Crippen LogP contribution >= 0.6 is 0 Å². The van der Waals surface area contributed by atoms with Crippen molar-refractivity contribution < 1.29 is 14.6 Å². The molecule has 1 unspecified atom stereocenters. The van der Waals surface area contributed by atoms with E-state index in [-0.39, 0.29) is 13.2 Å². The predicted molar refractivity (Wildman–Crippen MR) is 95.2 cm³/mol. The Kier molecular flexibility index (Phi) is 7.16. The molecule has 0 fully saturated rings. The lowest BCUT2D eigenvalue weighted by atomic mass is 10.2. The van der Waals surface area contributed by atoms with Crippen molar-refractivity contribution in [2.24, 2.45) is 0 Å². The first kappa shape index (κ1) is 17.9. The highest BCUT2D eigenvalue weighted by Crippen LogP contribution is 2.17. The van der Waals surface area contributed by atoms with Gasteiger partial charge in [-0.15, -0.1) is 6.42 Å². The summed E-state index contributed by atoms with van der Waals surface area (Å²) in [5.41, 5.74) is 2.13. The van der Waals surface area contributed by atoms with Crippen LogP contribution in [-0.2, 0) is 6.54 Å². The Hall–Kier alpha value is -2.48. The molecular formula is C20H23NO3. The van der Waals surface area contributed by atoms with E-state index in [1.165, 1.54) is 0 Å². The summed E-state index contributed by atoms with van der Waals surface area (Å²) in [5.74, 6) is 3.98. The van der Waals surface area contributed by atoms with Crippen LogP contribution in [0.1, 0.15) is 11.1 Å². The van der Waals surface area contributed by atoms with Gasteiger partial charge < -0.3 is 19.9 Å². The third kappa shape index (κ3) is 5.96. The second-order valence-corrected chi connectivity index (χ2v) is 5.51. The van der Waals surface area contributed by atoms with Gasteiger partial charge in [0.25, 0.3) is 0 Å². The number of rotatable bonds is 9. The first-order valence-electron chi connectivity index (χ1n) is 7.91. The fourth-order valence-corrected chi connectivity index (χ4v) is 2.24. The molecule has 0 amide bonds. The maximum Gasteiger partial charge on any atom is 0.148 e. The number of benzene rings is 2. The minimum Gasteiger partial charge on any atom is -0.491 e. The van der Waals surface area contributed by atoms with Crippen LogP contribution in [0, 0.1) is 19.3 Å². The standard InChI is InChI=1S/C20H23NO3/c1-3-11-23-20-10-5-4-8-17(20)13-21-14-18(22)15-24-19-9-6-7-16(2)12-19/h1,4-10,12,18,21-22H,11,13-15H2,2H3. The van der Waals surface area contributed by atoms with Crippen molar-refractivity contribution in [1.29, 1.82) is 0 Å². The van der Waals surface area contributed by atoms with Crippen molar-refractivity contribution in [1.82, 2.24) is 5.32 Å². The molecule has 0 saturated heterocycles. The number of aliphatic hydroxyl groups is 1. The Balaban J connectivity index is 1.74. The van der Waals surface area contributed by atoms with Gasteiger partial charge >= 0.3 is 0 Å². The van der Waals surface area contributed by atoms with Crippen LogP contribution in [0.15, 0.2) is 48.5 Å². The summed E-state index contributed by atoms with van der Waals surface area (Å²) in [4.78, 5) is 0. The summed E-state index contributed by atoms with van der Waals surface area (Å²) >= 11 is 0. The van der Waals surface area contributed by atoms with Gasteiger partial charge in [0.05, 0.1) is 0 Å². The molecule has 0 aromatic heterocycles. The second-order valence-electron chi connectivity index (χ2n) is 5.51. The maximum absolute atomic E-state index is 10.0. The number of nitrogens with one attached hydrogen (secondary N) is 1. The fraction of sp³-hybridized carbons (Fsp3) is 0.300. The molecule has 2 aromatic rings. The topological polar surface area (TPSA) is 50.7 Å². The molecule has 2 aromatic carbocycles. The molecule has 2 N–H and O–H groups in total. The van der Waals surface area contributed by atoms with Gasteiger partial charge in [-0.1, -0.05) is 36.3 Å². The van der Waals surface area contributed by atoms with Crippen LogP contribution in [0.4, 0.5) is 0 Å². The van der Waals surface area contributed by atoms with Crippen molar-refractivity contribution in [2.45, 2.75) is 19.6 Å². The largest absolute Gasteiger partial charge is 0.491 e. The third-order valence-electron chi connectivity index (χ3n) is 3.41. The van der Waals surface area contributed by atoms with Gasteiger partial charge in [-0.2, -0.15) is 0 Å². The average Bonchev–Trinajstić information content (AvgIpc) is 2.59. The highest BCUT2D eigenvalue weighted by molar-refractivity contribution is 5.33. The van der Waals surface area contributed by atoms with Crippen LogP contribution in [0.5, 0.6) is 11.5 Å². The molecule has 2 rings (SSSR count). The predicted octanol–water partition coefficient (Wildman–Crippen LogP) is 2.54. The maximum atomic E-state index is 10.0. The van der Waals surface area contributed by atoms with Crippen molar-refractivity contribution in [3.05, 3.63) is 59.7 Å². The second kappa shape index (κ2) is 9.61. The van der Waals surface area contributed by atoms with Crippen molar-refractivity contribution in [2.75, 3.05) is 19.8 Å². The van der Waals surface area contributed by atoms with E-state index in [9.17, 15) is 5.11 Å². The van der Waals surface area contributed by atoms with Gasteiger partial charge in [0.15, 0.2) is 0 Å². The molecule has 4 nitrogen and oxygen atoms in total. The average molecular weight is 325 g/mol. The molecule has 0 bridgehead atoms. The Bertz CT molecular complexity index is 679. The van der Waals surface area contributed by atoms with Crippen LogP contribution in [0.25, 0.3) is 0 Å². The highest BCUT2D eigenvalue weighted by Gasteiger charge is 2.07. The van der Waals surface area contributed by atoms with Gasteiger partial charge in [0.2, 0.25) is 0 Å². The molecule has 1 atom stereocenters. The van der Waals surface area contributed by atoms with Gasteiger partial charge in [0, 0.05) is 18.7 Å². The molecule has 0 aliphatic carbocycles. The van der Waals surface area contributed by atoms with E-state index >= 15 is 0 Å². The van der Waals surface area contributed by atoms with E-state index in [2.05, 4.69) is 11.2 Å². The zero-order valence-corrected chi connectivity index (χ0v) is 13.9. The zero-order valence-electron chi connectivity index (χ0n) is 13.9. The van der Waals surface area contributed by atoms with Crippen LogP contribution < -0.4 is 14.8 Å². The summed E-state index contributed by atoms with van der Waals surface area (Å²) in [6, 6.07) is 15.5. The number of terminal acetylenes is 1. The fourth-order valence-electron chi connectivity index (χ4n) is 2.24. The summed E-state index contributed by atoms with van der Waals surface area (Å²) in [6.07, 6.45) is 4.63. The molecule has 0 spiro atoms. The number of hydrogen-bond donors (Lipinski definition) is 2. The minimum absolute atomic E-state index is 0.240. The number of ether oxygens (including phenoxy) is 2. The van der Waals surface area contributed by atoms with E-state index in [0.29, 0.717) is 13.1 Å². The zero-order chi connectivity index (χ0) is 17.2. The van der Waals surface area contributed by atoms with Crippen molar-refractivity contribution in [3.8, 4) is 23.8 Å². The van der Waals surface area contributed by atoms with Crippen molar-refractivity contribution in [3.63, 3.8) is 0 Å². The van der Waals surface area contributed by atoms with Gasteiger partial charge in [-0.3, -0.25) is 0 Å². The normalized spacial score (nSPS) is 11.5. The summed E-state index contributed by atoms with van der Waals surface area (Å²) in [7, 11) is 0. The lowest BCUT2D eigenvalue weighted by molar-refractivity contribution is 0.106. The first-order chi connectivity index (χ1) is 11.7. The molecule has 126 valence electrons. The molecule has 0 heterocycles. The Morgan fingerprint density at radius 2 is 2.00 bits per heavy atom. The monoisotopic (exact) mass is 325 g/mol. The minimum atomic E-state index is -0.593. The Morgan fingerprint density at radius 3 is 2.79 bits per heavy atom. The third-order valence-corrected chi connectivity index (χ3v) is 3.41. The van der Waals surface area contributed by atoms with E-state index in [4.69, 9.17) is 15.9 Å². The SMILES string of the molecule is C#CCOc1ccccc1CNCC(O)COc1cccc(C)c1. The lowest BCUT2D eigenvalue weighted by Gasteiger charge is -2.15. The summed E-state index contributed by atoms with van der Waals surface area (Å²) in [6.45, 7) is 3.50. The Labute approximate surface area is 143 Å². The number of aliphatic hydroxyl groups excluding tert-OH is 1. The molecule has 0 saturated carbocycles. The molecule has 0 radical (unpaired) electrons. The van der Waals surface area contributed by atoms with Gasteiger partial charge in [0.1, 0.15) is 30.8 Å². The van der Waals surface area contributed by atoms with Crippen LogP contribution in [0.2, 0.25) is 0 Å². The quantitative estimate of drug-likeness (QED) is 0.696. The molecule has 4 heteroatoms. The van der Waals surface area contributed by atoms with Gasteiger partial charge in [-0.25, -0.2) is 0 Å². The van der Waals surface area contributed by atoms with E-state index in [1.807, 2.05) is 55.5 Å². The summed E-state index contributed by atoms with van der Waals surface area (Å²) < 4.78 is 11.1. The molecule has 0 aliphatic rings. The van der Waals surface area contributed by atoms with Crippen LogP contribution in [-0.4, -0.2) is 31.0 Å². The molecule has 24 heavy (non-hydrogen) atoms. The van der Waals surface area contributed by atoms with E-state index < -0.39 is 6.10 Å². The Morgan fingerprint density at radius 1 is 1.17 bits per heavy atom. The molecular weight excluding hydrogens is 302 g/mol. The van der Waals surface area contributed by atoms with E-state index in [1.54, 1.807) is 0 Å². The summed E-state index contributed by atoms with van der Waals surface area (Å²) in [5, 5.41) is 13.2. The van der Waals surface area contributed by atoms with Crippen LogP contribution in [0.3, 0.4) is 0 Å². The molecule has 0 aliphatic heterocycles. The number of aryl methyl sites for hydroxylation is 1. The lowest BCUT2D eigenvalue weighted by Crippen LogP contribution is -2.31. The van der Waals surface area contributed by atoms with Crippen molar-refractivity contribution >= 4 is 0 Å². The number of para-hydroxylation sites is 1. The first-order valence-corrected chi connectivity index (χ1v) is 7.91. The number of hydrogen-bond acceptors (Lipinski definition) is 4. The highest BCUT2D eigenvalue weighted by atomic mass is 16.5. The smallest absolute Gasteiger partial charge is 0.148 e. The van der Waals surface area contributed by atoms with E-state index in [0.717, 1.165) is 22.6 Å².